The molecule has 1 aromatic heterocycles. The molecule has 1 atom stereocenters. The van der Waals surface area contributed by atoms with Crippen molar-refractivity contribution in [2.75, 3.05) is 0 Å². The van der Waals surface area contributed by atoms with E-state index in [1.54, 1.807) is 10.6 Å². The minimum Gasteiger partial charge on any atom is -0.318 e. The lowest BCUT2D eigenvalue weighted by Crippen LogP contribution is -2.18. The zero-order chi connectivity index (χ0) is 17.0. The van der Waals surface area contributed by atoms with Crippen LogP contribution in [0.15, 0.2) is 55.0 Å². The quantitative estimate of drug-likeness (QED) is 0.750. The summed E-state index contributed by atoms with van der Waals surface area (Å²) in [5.74, 6) is -0.747. The predicted molar refractivity (Wildman–Crippen MR) is 92.2 cm³/mol. The molecule has 0 amide bonds. The molecule has 0 radical (unpaired) electrons. The van der Waals surface area contributed by atoms with Gasteiger partial charge in [-0.2, -0.15) is 4.39 Å². The molecular weight excluding hydrogens is 311 g/mol. The van der Waals surface area contributed by atoms with E-state index < -0.39 is 10.7 Å². The van der Waals surface area contributed by atoms with Crippen molar-refractivity contribution in [3.8, 4) is 0 Å². The second-order valence-electron chi connectivity index (χ2n) is 5.72. The monoisotopic (exact) mass is 330 g/mol. The predicted octanol–water partition coefficient (Wildman–Crippen LogP) is 4.62. The van der Waals surface area contributed by atoms with Gasteiger partial charge in [-0.05, 0) is 32.4 Å². The summed E-state index contributed by atoms with van der Waals surface area (Å²) in [6.07, 6.45) is 3.06. The van der Waals surface area contributed by atoms with Gasteiger partial charge < -0.3 is 4.57 Å². The molecule has 2 aromatic rings. The molecule has 3 nitrogen and oxygen atoms in total. The number of aromatic nitrogens is 2. The summed E-state index contributed by atoms with van der Waals surface area (Å²) in [6, 6.07) is 9.42. The number of halogens is 1. The Balaban J connectivity index is 2.35. The molecule has 1 heterocycles. The highest BCUT2D eigenvalue weighted by molar-refractivity contribution is 8.15. The SMILES string of the molecule is C=C=CC(C)(C)SC(=O)c1c(F)ncn1[C@H](C)c1ccccc1. The number of rotatable bonds is 5. The van der Waals surface area contributed by atoms with Crippen LogP contribution in [0, 0.1) is 5.95 Å². The molecule has 0 unspecified atom stereocenters. The number of imidazole rings is 1. The number of carbonyl (C=O) groups excluding carboxylic acids is 1. The highest BCUT2D eigenvalue weighted by Gasteiger charge is 2.28. The van der Waals surface area contributed by atoms with Crippen molar-refractivity contribution in [2.24, 2.45) is 0 Å². The van der Waals surface area contributed by atoms with Crippen LogP contribution in [0.25, 0.3) is 0 Å². The van der Waals surface area contributed by atoms with Gasteiger partial charge in [-0.25, -0.2) is 4.98 Å². The molecule has 120 valence electrons. The summed E-state index contributed by atoms with van der Waals surface area (Å²) in [7, 11) is 0. The fraction of sp³-hybridized carbons (Fsp3) is 0.278. The summed E-state index contributed by atoms with van der Waals surface area (Å²) in [5, 5.41) is -0.362. The van der Waals surface area contributed by atoms with E-state index in [-0.39, 0.29) is 16.9 Å². The van der Waals surface area contributed by atoms with Crippen LogP contribution in [0.4, 0.5) is 4.39 Å². The maximum atomic E-state index is 14.1. The van der Waals surface area contributed by atoms with Crippen molar-refractivity contribution in [1.29, 1.82) is 0 Å². The Morgan fingerprint density at radius 3 is 2.70 bits per heavy atom. The smallest absolute Gasteiger partial charge is 0.242 e. The number of thioether (sulfide) groups is 1. The summed E-state index contributed by atoms with van der Waals surface area (Å²) < 4.78 is 15.2. The van der Waals surface area contributed by atoms with E-state index in [0.717, 1.165) is 17.3 Å². The molecule has 0 bridgehead atoms. The fourth-order valence-electron chi connectivity index (χ4n) is 2.28. The maximum Gasteiger partial charge on any atom is 0.242 e. The molecule has 23 heavy (non-hydrogen) atoms. The minimum absolute atomic E-state index is 0.0168. The van der Waals surface area contributed by atoms with Gasteiger partial charge in [0.05, 0.1) is 12.4 Å². The number of carbonyl (C=O) groups is 1. The van der Waals surface area contributed by atoms with E-state index in [1.165, 1.54) is 6.33 Å². The molecular formula is C18H19FN2OS. The Morgan fingerprint density at radius 1 is 1.43 bits per heavy atom. The van der Waals surface area contributed by atoms with E-state index in [0.29, 0.717) is 0 Å². The third-order valence-corrected chi connectivity index (χ3v) is 4.47. The number of hydrogen-bond donors (Lipinski definition) is 0. The van der Waals surface area contributed by atoms with E-state index in [9.17, 15) is 9.18 Å². The van der Waals surface area contributed by atoms with Crippen molar-refractivity contribution in [1.82, 2.24) is 9.55 Å². The van der Waals surface area contributed by atoms with Gasteiger partial charge in [0.1, 0.15) is 0 Å². The van der Waals surface area contributed by atoms with Crippen molar-refractivity contribution in [3.05, 3.63) is 72.3 Å². The average molecular weight is 330 g/mol. The second kappa shape index (κ2) is 6.99. The first-order valence-corrected chi connectivity index (χ1v) is 8.05. The number of benzene rings is 1. The Kier molecular flexibility index (Phi) is 5.24. The van der Waals surface area contributed by atoms with Crippen LogP contribution in [-0.2, 0) is 0 Å². The summed E-state index contributed by atoms with van der Waals surface area (Å²) in [5.41, 5.74) is 3.64. The third-order valence-electron chi connectivity index (χ3n) is 3.45. The Bertz CT molecular complexity index is 746. The maximum absolute atomic E-state index is 14.1. The molecule has 0 aliphatic carbocycles. The fourth-order valence-corrected chi connectivity index (χ4v) is 3.18. The van der Waals surface area contributed by atoms with Crippen LogP contribution in [0.3, 0.4) is 0 Å². The van der Waals surface area contributed by atoms with E-state index in [2.05, 4.69) is 17.3 Å². The van der Waals surface area contributed by atoms with E-state index >= 15 is 0 Å². The van der Waals surface area contributed by atoms with Crippen molar-refractivity contribution in [2.45, 2.75) is 31.6 Å². The minimum atomic E-state index is -0.747. The first-order chi connectivity index (χ1) is 10.9. The second-order valence-corrected chi connectivity index (χ2v) is 7.35. The van der Waals surface area contributed by atoms with Gasteiger partial charge in [-0.1, -0.05) is 48.7 Å². The molecule has 0 aliphatic heterocycles. The molecule has 2 rings (SSSR count). The molecule has 5 heteroatoms. The zero-order valence-electron chi connectivity index (χ0n) is 13.4. The van der Waals surface area contributed by atoms with Crippen LogP contribution in [0.2, 0.25) is 0 Å². The van der Waals surface area contributed by atoms with Gasteiger partial charge in [0.15, 0.2) is 5.69 Å². The third kappa shape index (κ3) is 4.01. The van der Waals surface area contributed by atoms with Crippen molar-refractivity contribution >= 4 is 16.9 Å². The van der Waals surface area contributed by atoms with Gasteiger partial charge in [-0.3, -0.25) is 4.79 Å². The van der Waals surface area contributed by atoms with Gasteiger partial charge >= 0.3 is 0 Å². The van der Waals surface area contributed by atoms with E-state index in [4.69, 9.17) is 0 Å². The van der Waals surface area contributed by atoms with Crippen LogP contribution in [-0.4, -0.2) is 19.4 Å². The lowest BCUT2D eigenvalue weighted by Gasteiger charge is -2.20. The number of nitrogens with zero attached hydrogens (tertiary/aromatic N) is 2. The first kappa shape index (κ1) is 17.3. The molecule has 1 aromatic carbocycles. The van der Waals surface area contributed by atoms with Crippen LogP contribution < -0.4 is 0 Å². The van der Waals surface area contributed by atoms with Crippen LogP contribution in [0.5, 0.6) is 0 Å². The molecule has 0 spiro atoms. The number of hydrogen-bond acceptors (Lipinski definition) is 3. The van der Waals surface area contributed by atoms with Gasteiger partial charge in [-0.15, -0.1) is 5.73 Å². The Morgan fingerprint density at radius 2 is 2.09 bits per heavy atom. The Hall–Kier alpha value is -2.10. The summed E-state index contributed by atoms with van der Waals surface area (Å²) >= 11 is 1.03. The molecule has 0 fully saturated rings. The lowest BCUT2D eigenvalue weighted by atomic mass is 10.1. The van der Waals surface area contributed by atoms with Crippen LogP contribution in [0.1, 0.15) is 42.9 Å². The van der Waals surface area contributed by atoms with Gasteiger partial charge in [0, 0.05) is 4.75 Å². The standard InChI is InChI=1S/C18H19FN2OS/c1-5-11-18(3,4)23-17(22)15-16(19)20-12-21(15)13(2)14-9-7-6-8-10-14/h6-13H,1H2,2-4H3/t13-/m1/s1. The topological polar surface area (TPSA) is 34.9 Å². The summed E-state index contributed by atoms with van der Waals surface area (Å²) in [6.45, 7) is 9.14. The van der Waals surface area contributed by atoms with Crippen LogP contribution >= 0.6 is 11.8 Å². The molecule has 0 saturated carbocycles. The normalized spacial score (nSPS) is 12.5. The largest absolute Gasteiger partial charge is 0.318 e. The lowest BCUT2D eigenvalue weighted by molar-refractivity contribution is 0.107. The molecule has 0 aliphatic rings. The van der Waals surface area contributed by atoms with Crippen molar-refractivity contribution < 1.29 is 9.18 Å². The molecule has 0 saturated heterocycles. The first-order valence-electron chi connectivity index (χ1n) is 7.23. The van der Waals surface area contributed by atoms with Gasteiger partial charge in [0.2, 0.25) is 11.1 Å². The Labute approximate surface area is 139 Å². The average Bonchev–Trinajstić information content (AvgIpc) is 2.88. The van der Waals surface area contributed by atoms with Gasteiger partial charge in [0.25, 0.3) is 0 Å². The van der Waals surface area contributed by atoms with Crippen molar-refractivity contribution in [3.63, 3.8) is 0 Å². The molecule has 0 N–H and O–H groups in total. The highest BCUT2D eigenvalue weighted by atomic mass is 32.2. The highest BCUT2D eigenvalue weighted by Crippen LogP contribution is 2.31. The zero-order valence-corrected chi connectivity index (χ0v) is 14.2. The van der Waals surface area contributed by atoms with E-state index in [1.807, 2.05) is 51.1 Å². The summed E-state index contributed by atoms with van der Waals surface area (Å²) in [4.78, 5) is 16.3.